The quantitative estimate of drug-likeness (QED) is 0.619. The summed E-state index contributed by atoms with van der Waals surface area (Å²) >= 11 is 0. The van der Waals surface area contributed by atoms with Gasteiger partial charge in [-0.3, -0.25) is 9.59 Å². The van der Waals surface area contributed by atoms with Crippen molar-refractivity contribution in [2.75, 3.05) is 11.9 Å². The van der Waals surface area contributed by atoms with Crippen LogP contribution in [0.15, 0.2) is 35.9 Å². The first kappa shape index (κ1) is 16.7. The first-order valence-electron chi connectivity index (χ1n) is 8.63. The van der Waals surface area contributed by atoms with Gasteiger partial charge in [-0.2, -0.15) is 0 Å². The lowest BCUT2D eigenvalue weighted by atomic mass is 9.97. The van der Waals surface area contributed by atoms with Gasteiger partial charge >= 0.3 is 0 Å². The van der Waals surface area contributed by atoms with Crippen LogP contribution in [0.4, 0.5) is 10.1 Å². The van der Waals surface area contributed by atoms with E-state index in [0.29, 0.717) is 25.1 Å². The molecule has 1 fully saturated rings. The largest absolute Gasteiger partial charge is 0.355 e. The van der Waals surface area contributed by atoms with E-state index in [9.17, 15) is 14.0 Å². The third-order valence-corrected chi connectivity index (χ3v) is 4.82. The first-order valence-corrected chi connectivity index (χ1v) is 8.63. The molecule has 2 N–H and O–H groups in total. The van der Waals surface area contributed by atoms with E-state index in [0.717, 1.165) is 19.3 Å². The summed E-state index contributed by atoms with van der Waals surface area (Å²) in [5, 5.41) is 5.55. The molecule has 0 atom stereocenters. The molecule has 128 valence electrons. The molecule has 0 aromatic heterocycles. The molecule has 4 nitrogen and oxygen atoms in total. The second-order valence-corrected chi connectivity index (χ2v) is 6.66. The van der Waals surface area contributed by atoms with Crippen LogP contribution in [0, 0.1) is 11.2 Å². The highest BCUT2D eigenvalue weighted by Crippen LogP contribution is 2.46. The third kappa shape index (κ3) is 3.83. The number of rotatable bonds is 6. The fraction of sp³-hybridized carbons (Fsp3) is 0.474. The number of benzene rings is 1. The fourth-order valence-electron chi connectivity index (χ4n) is 3.14. The molecular weight excluding hydrogens is 307 g/mol. The molecule has 0 unspecified atom stereocenters. The maximum atomic E-state index is 13.2. The Morgan fingerprint density at radius 3 is 2.67 bits per heavy atom. The van der Waals surface area contributed by atoms with Crippen LogP contribution in [-0.2, 0) is 9.59 Å². The molecule has 3 rings (SSSR count). The fourth-order valence-corrected chi connectivity index (χ4v) is 3.14. The molecule has 0 heterocycles. The van der Waals surface area contributed by atoms with Crippen LogP contribution >= 0.6 is 0 Å². The van der Waals surface area contributed by atoms with Gasteiger partial charge in [0.05, 0.1) is 0 Å². The molecule has 1 aromatic carbocycles. The van der Waals surface area contributed by atoms with Crippen molar-refractivity contribution in [2.45, 2.75) is 44.9 Å². The van der Waals surface area contributed by atoms with E-state index >= 15 is 0 Å². The van der Waals surface area contributed by atoms with Gasteiger partial charge in [0, 0.05) is 12.2 Å². The molecule has 0 bridgehead atoms. The maximum Gasteiger partial charge on any atom is 0.240 e. The number of amides is 2. The van der Waals surface area contributed by atoms with Gasteiger partial charge in [0.25, 0.3) is 0 Å². The molecule has 1 saturated carbocycles. The van der Waals surface area contributed by atoms with Crippen molar-refractivity contribution in [1.29, 1.82) is 0 Å². The summed E-state index contributed by atoms with van der Waals surface area (Å²) in [6.45, 7) is 0.569. The van der Waals surface area contributed by atoms with Gasteiger partial charge in [0.1, 0.15) is 11.2 Å². The number of nitrogens with one attached hydrogen (secondary N) is 2. The van der Waals surface area contributed by atoms with Gasteiger partial charge in [-0.05, 0) is 63.1 Å². The Balaban J connectivity index is 1.51. The van der Waals surface area contributed by atoms with Crippen molar-refractivity contribution in [2.24, 2.45) is 5.41 Å². The third-order valence-electron chi connectivity index (χ3n) is 4.82. The van der Waals surface area contributed by atoms with Gasteiger partial charge in [-0.25, -0.2) is 4.39 Å². The van der Waals surface area contributed by atoms with Crippen molar-refractivity contribution < 1.29 is 14.0 Å². The second kappa shape index (κ2) is 7.16. The van der Waals surface area contributed by atoms with E-state index in [1.54, 1.807) is 6.07 Å². The van der Waals surface area contributed by atoms with Crippen LogP contribution in [0.2, 0.25) is 0 Å². The monoisotopic (exact) mass is 330 g/mol. The summed E-state index contributed by atoms with van der Waals surface area (Å²) in [6, 6.07) is 5.71. The highest BCUT2D eigenvalue weighted by Gasteiger charge is 2.56. The van der Waals surface area contributed by atoms with Crippen LogP contribution in [-0.4, -0.2) is 18.4 Å². The molecule has 24 heavy (non-hydrogen) atoms. The predicted octanol–water partition coefficient (Wildman–Crippen LogP) is 3.55. The van der Waals surface area contributed by atoms with Gasteiger partial charge < -0.3 is 10.6 Å². The average molecular weight is 330 g/mol. The zero-order valence-electron chi connectivity index (χ0n) is 13.7. The number of allylic oxidation sites excluding steroid dienone is 1. The number of carbonyl (C=O) groups is 2. The number of halogens is 1. The molecule has 0 spiro atoms. The molecule has 1 aromatic rings. The van der Waals surface area contributed by atoms with Crippen molar-refractivity contribution in [1.82, 2.24) is 5.32 Å². The Bertz CT molecular complexity index is 665. The molecule has 2 aliphatic carbocycles. The second-order valence-electron chi connectivity index (χ2n) is 6.66. The Morgan fingerprint density at radius 2 is 2.00 bits per heavy atom. The van der Waals surface area contributed by atoms with Crippen molar-refractivity contribution in [3.8, 4) is 0 Å². The summed E-state index contributed by atoms with van der Waals surface area (Å²) in [4.78, 5) is 24.8. The molecule has 5 heteroatoms. The van der Waals surface area contributed by atoms with E-state index < -0.39 is 11.2 Å². The molecular formula is C19H23FN2O2. The SMILES string of the molecule is O=C(NCCC1=CCCCC1)C1(C(=O)Nc2cccc(F)c2)CC1. The lowest BCUT2D eigenvalue weighted by Crippen LogP contribution is -2.40. The minimum Gasteiger partial charge on any atom is -0.355 e. The lowest BCUT2D eigenvalue weighted by molar-refractivity contribution is -0.134. The molecule has 2 aliphatic rings. The van der Waals surface area contributed by atoms with Crippen LogP contribution in [0.25, 0.3) is 0 Å². The summed E-state index contributed by atoms with van der Waals surface area (Å²) in [7, 11) is 0. The van der Waals surface area contributed by atoms with Gasteiger partial charge in [-0.1, -0.05) is 17.7 Å². The van der Waals surface area contributed by atoms with Crippen LogP contribution in [0.3, 0.4) is 0 Å². The van der Waals surface area contributed by atoms with Crippen LogP contribution < -0.4 is 10.6 Å². The summed E-state index contributed by atoms with van der Waals surface area (Å²) in [6.07, 6.45) is 8.92. The van der Waals surface area contributed by atoms with E-state index in [1.165, 1.54) is 36.6 Å². The summed E-state index contributed by atoms with van der Waals surface area (Å²) < 4.78 is 13.2. The number of anilines is 1. The van der Waals surface area contributed by atoms with Crippen LogP contribution in [0.1, 0.15) is 44.9 Å². The summed E-state index contributed by atoms with van der Waals surface area (Å²) in [5.41, 5.74) is 0.801. The first-order chi connectivity index (χ1) is 11.6. The zero-order valence-corrected chi connectivity index (χ0v) is 13.7. The lowest BCUT2D eigenvalue weighted by Gasteiger charge is -2.17. The standard InChI is InChI=1S/C19H23FN2O2/c20-15-7-4-8-16(13-15)22-18(24)19(10-11-19)17(23)21-12-9-14-5-2-1-3-6-14/h4-5,7-8,13H,1-3,6,9-12H2,(H,21,23)(H,22,24). The average Bonchev–Trinajstić information content (AvgIpc) is 3.38. The smallest absolute Gasteiger partial charge is 0.240 e. The van der Waals surface area contributed by atoms with E-state index in [2.05, 4.69) is 16.7 Å². The van der Waals surface area contributed by atoms with E-state index in [-0.39, 0.29) is 11.8 Å². The van der Waals surface area contributed by atoms with Gasteiger partial charge in [0.15, 0.2) is 0 Å². The topological polar surface area (TPSA) is 58.2 Å². The van der Waals surface area contributed by atoms with Crippen molar-refractivity contribution >= 4 is 17.5 Å². The van der Waals surface area contributed by atoms with E-state index in [4.69, 9.17) is 0 Å². The van der Waals surface area contributed by atoms with Crippen molar-refractivity contribution in [3.63, 3.8) is 0 Å². The van der Waals surface area contributed by atoms with Gasteiger partial charge in [-0.15, -0.1) is 0 Å². The maximum absolute atomic E-state index is 13.2. The minimum atomic E-state index is -0.979. The minimum absolute atomic E-state index is 0.215. The summed E-state index contributed by atoms with van der Waals surface area (Å²) in [5.74, 6) is -0.974. The molecule has 0 saturated heterocycles. The van der Waals surface area contributed by atoms with E-state index in [1.807, 2.05) is 0 Å². The predicted molar refractivity (Wildman–Crippen MR) is 90.9 cm³/mol. The number of hydrogen-bond acceptors (Lipinski definition) is 2. The Hall–Kier alpha value is -2.17. The molecule has 2 amide bonds. The highest BCUT2D eigenvalue weighted by atomic mass is 19.1. The Labute approximate surface area is 141 Å². The highest BCUT2D eigenvalue weighted by molar-refractivity contribution is 6.13. The Kier molecular flexibility index (Phi) is 4.97. The van der Waals surface area contributed by atoms with Crippen molar-refractivity contribution in [3.05, 3.63) is 41.7 Å². The van der Waals surface area contributed by atoms with Gasteiger partial charge in [0.2, 0.25) is 11.8 Å². The molecule has 0 radical (unpaired) electrons. The van der Waals surface area contributed by atoms with Crippen LogP contribution in [0.5, 0.6) is 0 Å². The molecule has 0 aliphatic heterocycles. The number of carbonyl (C=O) groups excluding carboxylic acids is 2. The normalized spacial score (nSPS) is 18.5. The number of hydrogen-bond donors (Lipinski definition) is 2. The Morgan fingerprint density at radius 1 is 1.17 bits per heavy atom. The zero-order chi connectivity index (χ0) is 17.0.